The molecule has 1 unspecified atom stereocenters. The molecule has 2 saturated carbocycles. The first-order valence-corrected chi connectivity index (χ1v) is 15.6. The van der Waals surface area contributed by atoms with Gasteiger partial charge in [0.2, 0.25) is 5.91 Å². The monoisotopic (exact) mass is 538 g/mol. The molecule has 5 nitrogen and oxygen atoms in total. The third-order valence-corrected chi connectivity index (χ3v) is 11.1. The molecule has 3 aliphatic rings. The van der Waals surface area contributed by atoms with E-state index in [4.69, 9.17) is 4.74 Å². The summed E-state index contributed by atoms with van der Waals surface area (Å²) in [7, 11) is 3.44. The predicted molar refractivity (Wildman–Crippen MR) is 159 cm³/mol. The molecule has 2 aliphatic carbocycles. The van der Waals surface area contributed by atoms with Crippen LogP contribution < -0.4 is 5.32 Å². The molecule has 1 heterocycles. The van der Waals surface area contributed by atoms with E-state index < -0.39 is 0 Å². The molecule has 0 spiro atoms. The fourth-order valence-corrected chi connectivity index (χ4v) is 7.96. The Kier molecular flexibility index (Phi) is 9.83. The van der Waals surface area contributed by atoms with Gasteiger partial charge in [-0.2, -0.15) is 0 Å². The van der Waals surface area contributed by atoms with Crippen molar-refractivity contribution in [2.24, 2.45) is 35.5 Å². The van der Waals surface area contributed by atoms with Crippen LogP contribution in [-0.2, 0) is 20.9 Å². The van der Waals surface area contributed by atoms with E-state index in [0.717, 1.165) is 55.4 Å². The molecule has 1 aromatic rings. The topological polar surface area (TPSA) is 58.6 Å². The van der Waals surface area contributed by atoms with Gasteiger partial charge in [-0.05, 0) is 155 Å². The summed E-state index contributed by atoms with van der Waals surface area (Å²) in [4.78, 5) is 27.3. The average Bonchev–Trinajstić information content (AvgIpc) is 3.66. The Morgan fingerprint density at radius 2 is 1.54 bits per heavy atom. The quantitative estimate of drug-likeness (QED) is 0.305. The van der Waals surface area contributed by atoms with Gasteiger partial charge in [0.05, 0.1) is 7.11 Å². The lowest BCUT2D eigenvalue weighted by Gasteiger charge is -2.41. The van der Waals surface area contributed by atoms with Crippen molar-refractivity contribution in [1.29, 1.82) is 0 Å². The Balaban J connectivity index is 1.43. The van der Waals surface area contributed by atoms with Crippen LogP contribution in [-0.4, -0.2) is 43.5 Å². The summed E-state index contributed by atoms with van der Waals surface area (Å²) in [5.41, 5.74) is 7.97. The molecule has 1 aromatic carbocycles. The van der Waals surface area contributed by atoms with E-state index in [9.17, 15) is 9.59 Å². The molecule has 1 aliphatic heterocycles. The van der Waals surface area contributed by atoms with E-state index in [0.29, 0.717) is 31.3 Å². The van der Waals surface area contributed by atoms with E-state index in [-0.39, 0.29) is 11.9 Å². The van der Waals surface area contributed by atoms with Crippen LogP contribution in [0.1, 0.15) is 98.1 Å². The van der Waals surface area contributed by atoms with Crippen LogP contribution in [0, 0.1) is 70.1 Å². The first kappa shape index (κ1) is 30.1. The summed E-state index contributed by atoms with van der Waals surface area (Å²) >= 11 is 0. The standard InChI is InChI=1S/C34H54N2O3/c1-20-16-28(17-20)29-18-35-34(33(29)26-12-13-26)27(10-9-11-32(38)39-8)14-15-31(37)36(7)19-30-24(5)22(3)21(2)23(4)25(30)6/h20,26-29,33-35H,9-19H2,1-8H3/t20?,27?,28?,29-,33+,34+/m0/s1. The predicted octanol–water partition coefficient (Wildman–Crippen LogP) is 6.59. The van der Waals surface area contributed by atoms with Gasteiger partial charge in [0, 0.05) is 32.5 Å². The number of esters is 1. The first-order valence-electron chi connectivity index (χ1n) is 15.6. The number of hydrogen-bond acceptors (Lipinski definition) is 4. The Morgan fingerprint density at radius 3 is 2.10 bits per heavy atom. The van der Waals surface area contributed by atoms with E-state index >= 15 is 0 Å². The number of nitrogens with zero attached hydrogens (tertiary/aromatic N) is 1. The summed E-state index contributed by atoms with van der Waals surface area (Å²) in [6, 6.07) is 0.473. The summed E-state index contributed by atoms with van der Waals surface area (Å²) < 4.78 is 4.92. The van der Waals surface area contributed by atoms with Crippen molar-refractivity contribution >= 4 is 11.9 Å². The van der Waals surface area contributed by atoms with E-state index in [1.807, 2.05) is 11.9 Å². The fourth-order valence-electron chi connectivity index (χ4n) is 7.96. The highest BCUT2D eigenvalue weighted by Gasteiger charge is 2.51. The Hall–Kier alpha value is -1.88. The summed E-state index contributed by atoms with van der Waals surface area (Å²) in [5, 5.41) is 3.98. The van der Waals surface area contributed by atoms with Gasteiger partial charge in [0.1, 0.15) is 0 Å². The molecule has 0 aromatic heterocycles. The van der Waals surface area contributed by atoms with Gasteiger partial charge in [0.25, 0.3) is 0 Å². The number of amides is 1. The average molecular weight is 539 g/mol. The van der Waals surface area contributed by atoms with Crippen LogP contribution in [0.15, 0.2) is 0 Å². The number of carbonyl (C=O) groups excluding carboxylic acids is 2. The van der Waals surface area contributed by atoms with Crippen molar-refractivity contribution in [3.63, 3.8) is 0 Å². The van der Waals surface area contributed by atoms with Crippen molar-refractivity contribution in [3.8, 4) is 0 Å². The number of ether oxygens (including phenoxy) is 1. The third kappa shape index (κ3) is 6.72. The fraction of sp³-hybridized carbons (Fsp3) is 0.765. The van der Waals surface area contributed by atoms with E-state index in [1.54, 1.807) is 0 Å². The molecule has 4 rings (SSSR count). The smallest absolute Gasteiger partial charge is 0.305 e. The van der Waals surface area contributed by atoms with Gasteiger partial charge in [-0.1, -0.05) is 6.92 Å². The Labute approximate surface area is 237 Å². The van der Waals surface area contributed by atoms with Crippen LogP contribution in [0.3, 0.4) is 0 Å². The molecule has 4 atom stereocenters. The summed E-state index contributed by atoms with van der Waals surface area (Å²) in [6.07, 6.45) is 9.25. The lowest BCUT2D eigenvalue weighted by Crippen LogP contribution is -2.39. The number of nitrogens with one attached hydrogen (secondary N) is 1. The molecule has 1 amide bonds. The first-order chi connectivity index (χ1) is 18.5. The molecular formula is C34H54N2O3. The molecule has 0 bridgehead atoms. The molecule has 1 saturated heterocycles. The van der Waals surface area contributed by atoms with Gasteiger partial charge < -0.3 is 15.0 Å². The van der Waals surface area contributed by atoms with Gasteiger partial charge in [-0.3, -0.25) is 9.59 Å². The minimum atomic E-state index is -0.126. The normalized spacial score (nSPS) is 27.2. The van der Waals surface area contributed by atoms with Crippen molar-refractivity contribution < 1.29 is 14.3 Å². The second kappa shape index (κ2) is 12.7. The SMILES string of the molecule is COC(=O)CCCC(CCC(=O)N(C)Cc1c(C)c(C)c(C)c(C)c1C)[C@H]1NC[C@@H](C2CC(C)C2)[C@H]1C1CC1. The zero-order valence-electron chi connectivity index (χ0n) is 26.0. The van der Waals surface area contributed by atoms with Crippen molar-refractivity contribution in [3.05, 3.63) is 33.4 Å². The van der Waals surface area contributed by atoms with Crippen LogP contribution in [0.4, 0.5) is 0 Å². The molecule has 0 radical (unpaired) electrons. The highest BCUT2D eigenvalue weighted by atomic mass is 16.5. The van der Waals surface area contributed by atoms with Gasteiger partial charge in [-0.25, -0.2) is 0 Å². The van der Waals surface area contributed by atoms with Crippen molar-refractivity contribution in [2.75, 3.05) is 20.7 Å². The molecule has 5 heteroatoms. The second-order valence-corrected chi connectivity index (χ2v) is 13.5. The maximum Gasteiger partial charge on any atom is 0.305 e. The maximum absolute atomic E-state index is 13.5. The largest absolute Gasteiger partial charge is 0.469 e. The zero-order valence-corrected chi connectivity index (χ0v) is 26.0. The molecule has 218 valence electrons. The minimum absolute atomic E-state index is 0.126. The zero-order chi connectivity index (χ0) is 28.4. The highest BCUT2D eigenvalue weighted by molar-refractivity contribution is 5.76. The summed E-state index contributed by atoms with van der Waals surface area (Å²) in [5.74, 6) is 4.66. The minimum Gasteiger partial charge on any atom is -0.469 e. The molecule has 1 N–H and O–H groups in total. The van der Waals surface area contributed by atoms with Gasteiger partial charge in [0.15, 0.2) is 0 Å². The number of carbonyl (C=O) groups is 2. The van der Waals surface area contributed by atoms with Crippen LogP contribution in [0.25, 0.3) is 0 Å². The van der Waals surface area contributed by atoms with Gasteiger partial charge >= 0.3 is 5.97 Å². The lowest BCUT2D eigenvalue weighted by molar-refractivity contribution is -0.140. The van der Waals surface area contributed by atoms with Crippen LogP contribution >= 0.6 is 0 Å². The summed E-state index contributed by atoms with van der Waals surface area (Å²) in [6.45, 7) is 15.2. The van der Waals surface area contributed by atoms with E-state index in [2.05, 4.69) is 46.9 Å². The number of benzene rings is 1. The van der Waals surface area contributed by atoms with E-state index in [1.165, 1.54) is 66.2 Å². The Morgan fingerprint density at radius 1 is 0.923 bits per heavy atom. The Bertz CT molecular complexity index is 1010. The molecular weight excluding hydrogens is 484 g/mol. The van der Waals surface area contributed by atoms with Crippen molar-refractivity contribution in [1.82, 2.24) is 10.2 Å². The van der Waals surface area contributed by atoms with Crippen LogP contribution in [0.5, 0.6) is 0 Å². The van der Waals surface area contributed by atoms with Crippen LogP contribution in [0.2, 0.25) is 0 Å². The second-order valence-electron chi connectivity index (χ2n) is 13.5. The number of rotatable bonds is 12. The van der Waals surface area contributed by atoms with Crippen molar-refractivity contribution in [2.45, 2.75) is 112 Å². The number of methoxy groups -OCH3 is 1. The van der Waals surface area contributed by atoms with Gasteiger partial charge in [-0.15, -0.1) is 0 Å². The molecule has 39 heavy (non-hydrogen) atoms. The highest BCUT2D eigenvalue weighted by Crippen LogP contribution is 2.53. The molecule has 3 fully saturated rings. The third-order valence-electron chi connectivity index (χ3n) is 11.1. The number of hydrogen-bond donors (Lipinski definition) is 1. The maximum atomic E-state index is 13.5. The lowest BCUT2D eigenvalue weighted by atomic mass is 9.64.